The van der Waals surface area contributed by atoms with Crippen molar-refractivity contribution in [1.82, 2.24) is 10.3 Å². The first-order valence-corrected chi connectivity index (χ1v) is 9.59. The van der Waals surface area contributed by atoms with E-state index in [1.165, 1.54) is 18.2 Å². The number of ether oxygens (including phenoxy) is 1. The van der Waals surface area contributed by atoms with Gasteiger partial charge in [0.05, 0.1) is 11.7 Å². The number of pyridine rings is 1. The number of aromatic nitrogens is 1. The Morgan fingerprint density at radius 2 is 1.77 bits per heavy atom. The largest absolute Gasteiger partial charge is 0.491 e. The average molecular weight is 430 g/mol. The first-order valence-electron chi connectivity index (χ1n) is 9.59. The molecule has 2 N–H and O–H groups in total. The van der Waals surface area contributed by atoms with E-state index in [1.807, 2.05) is 18.2 Å². The summed E-state index contributed by atoms with van der Waals surface area (Å²) >= 11 is 0. The maximum Gasteiger partial charge on any atom is 0.416 e. The smallest absolute Gasteiger partial charge is 0.416 e. The van der Waals surface area contributed by atoms with Crippen LogP contribution in [0.15, 0.2) is 65.5 Å². The Labute approximate surface area is 176 Å². The lowest BCUT2D eigenvalue weighted by Gasteiger charge is -2.17. The van der Waals surface area contributed by atoms with E-state index < -0.39 is 29.8 Å². The Bertz CT molecular complexity index is 1120. The molecule has 0 spiro atoms. The Balaban J connectivity index is 1.78. The molecular formula is C23H21F3N2O3. The van der Waals surface area contributed by atoms with E-state index in [-0.39, 0.29) is 23.0 Å². The molecule has 31 heavy (non-hydrogen) atoms. The lowest BCUT2D eigenvalue weighted by Crippen LogP contribution is -2.30. The molecule has 0 aliphatic heterocycles. The molecule has 8 heteroatoms. The molecular weight excluding hydrogens is 409 g/mol. The summed E-state index contributed by atoms with van der Waals surface area (Å²) in [5.41, 5.74) is -0.551. The minimum absolute atomic E-state index is 0.0883. The van der Waals surface area contributed by atoms with Crippen molar-refractivity contribution in [3.8, 4) is 17.0 Å². The summed E-state index contributed by atoms with van der Waals surface area (Å²) < 4.78 is 45.7. The number of hydrogen-bond acceptors (Lipinski definition) is 3. The van der Waals surface area contributed by atoms with Gasteiger partial charge in [0.25, 0.3) is 11.5 Å². The second kappa shape index (κ2) is 9.07. The van der Waals surface area contributed by atoms with Gasteiger partial charge in [-0.05, 0) is 49.2 Å². The lowest BCUT2D eigenvalue weighted by atomic mass is 10.1. The molecule has 5 nitrogen and oxygen atoms in total. The Hall–Kier alpha value is -3.55. The molecule has 0 fully saturated rings. The Morgan fingerprint density at radius 1 is 1.06 bits per heavy atom. The van der Waals surface area contributed by atoms with Crippen LogP contribution in [0.5, 0.6) is 5.75 Å². The number of aromatic amines is 1. The van der Waals surface area contributed by atoms with Gasteiger partial charge in [-0.1, -0.05) is 36.4 Å². The number of amides is 1. The van der Waals surface area contributed by atoms with Crippen molar-refractivity contribution in [3.63, 3.8) is 0 Å². The van der Waals surface area contributed by atoms with Crippen molar-refractivity contribution in [2.45, 2.75) is 32.7 Å². The lowest BCUT2D eigenvalue weighted by molar-refractivity contribution is -0.138. The monoisotopic (exact) mass is 430 g/mol. The number of benzene rings is 2. The van der Waals surface area contributed by atoms with Gasteiger partial charge in [-0.25, -0.2) is 0 Å². The van der Waals surface area contributed by atoms with Crippen LogP contribution in [0, 0.1) is 0 Å². The van der Waals surface area contributed by atoms with E-state index in [9.17, 15) is 22.8 Å². The maximum absolute atomic E-state index is 13.5. The van der Waals surface area contributed by atoms with Crippen LogP contribution in [0.2, 0.25) is 0 Å². The normalized spacial score (nSPS) is 11.4. The number of H-pyrrole nitrogens is 1. The number of carbonyl (C=O) groups is 1. The summed E-state index contributed by atoms with van der Waals surface area (Å²) in [4.78, 5) is 27.4. The van der Waals surface area contributed by atoms with Gasteiger partial charge in [0.15, 0.2) is 0 Å². The molecule has 0 saturated carbocycles. The SMILES string of the molecule is CC(C)Oc1ccc(CNC(=O)c2ccc(-c3ccccc3)[nH]c2=O)c(C(F)(F)F)c1. The highest BCUT2D eigenvalue weighted by molar-refractivity contribution is 5.94. The summed E-state index contributed by atoms with van der Waals surface area (Å²) in [6.07, 6.45) is -4.90. The molecule has 0 bridgehead atoms. The predicted molar refractivity (Wildman–Crippen MR) is 111 cm³/mol. The van der Waals surface area contributed by atoms with Gasteiger partial charge < -0.3 is 15.0 Å². The first kappa shape index (κ1) is 22.1. The van der Waals surface area contributed by atoms with Crippen LogP contribution >= 0.6 is 0 Å². The Kier molecular flexibility index (Phi) is 6.48. The molecule has 3 aromatic rings. The van der Waals surface area contributed by atoms with E-state index in [2.05, 4.69) is 10.3 Å². The molecule has 0 saturated heterocycles. The van der Waals surface area contributed by atoms with E-state index >= 15 is 0 Å². The molecule has 0 atom stereocenters. The molecule has 0 aliphatic carbocycles. The molecule has 0 radical (unpaired) electrons. The fourth-order valence-electron chi connectivity index (χ4n) is 3.03. The third kappa shape index (κ3) is 5.53. The highest BCUT2D eigenvalue weighted by atomic mass is 19.4. The highest BCUT2D eigenvalue weighted by Crippen LogP contribution is 2.34. The molecule has 1 aromatic heterocycles. The fraction of sp³-hybridized carbons (Fsp3) is 0.217. The standard InChI is InChI=1S/C23H21F3N2O3/c1-14(2)31-17-9-8-16(19(12-17)23(24,25)26)13-27-21(29)18-10-11-20(28-22(18)30)15-6-4-3-5-7-15/h3-12,14H,13H2,1-2H3,(H,27,29)(H,28,30). The van der Waals surface area contributed by atoms with Crippen LogP contribution in [0.3, 0.4) is 0 Å². The maximum atomic E-state index is 13.5. The first-order chi connectivity index (χ1) is 14.6. The number of rotatable bonds is 6. The van der Waals surface area contributed by atoms with E-state index in [0.717, 1.165) is 11.6 Å². The Morgan fingerprint density at radius 3 is 2.39 bits per heavy atom. The molecule has 2 aromatic carbocycles. The number of nitrogens with one attached hydrogen (secondary N) is 2. The average Bonchev–Trinajstić information content (AvgIpc) is 2.72. The zero-order chi connectivity index (χ0) is 22.6. The molecule has 1 amide bonds. The molecule has 0 unspecified atom stereocenters. The van der Waals surface area contributed by atoms with Crippen molar-refractivity contribution in [3.05, 3.63) is 87.7 Å². The summed E-state index contributed by atoms with van der Waals surface area (Å²) in [5, 5.41) is 2.39. The van der Waals surface area contributed by atoms with Crippen LogP contribution in [-0.4, -0.2) is 17.0 Å². The van der Waals surface area contributed by atoms with Gasteiger partial charge in [0, 0.05) is 12.2 Å². The third-order valence-electron chi connectivity index (χ3n) is 4.44. The van der Waals surface area contributed by atoms with Crippen LogP contribution in [0.4, 0.5) is 13.2 Å². The number of alkyl halides is 3. The van der Waals surface area contributed by atoms with Crippen molar-refractivity contribution in [2.24, 2.45) is 0 Å². The van der Waals surface area contributed by atoms with Gasteiger partial charge in [-0.2, -0.15) is 13.2 Å². The molecule has 162 valence electrons. The van der Waals surface area contributed by atoms with Gasteiger partial charge in [0.2, 0.25) is 0 Å². The zero-order valence-electron chi connectivity index (χ0n) is 16.9. The summed E-state index contributed by atoms with van der Waals surface area (Å²) in [7, 11) is 0. The van der Waals surface area contributed by atoms with E-state index in [4.69, 9.17) is 4.74 Å². The molecule has 1 heterocycles. The minimum Gasteiger partial charge on any atom is -0.491 e. The van der Waals surface area contributed by atoms with Crippen molar-refractivity contribution < 1.29 is 22.7 Å². The fourth-order valence-corrected chi connectivity index (χ4v) is 3.03. The number of hydrogen-bond donors (Lipinski definition) is 2. The highest BCUT2D eigenvalue weighted by Gasteiger charge is 2.34. The predicted octanol–water partition coefficient (Wildman–Crippen LogP) is 4.78. The quantitative estimate of drug-likeness (QED) is 0.591. The summed E-state index contributed by atoms with van der Waals surface area (Å²) in [6.45, 7) is 3.03. The van der Waals surface area contributed by atoms with E-state index in [1.54, 1.807) is 32.0 Å². The number of halogens is 3. The van der Waals surface area contributed by atoms with Crippen molar-refractivity contribution in [2.75, 3.05) is 0 Å². The second-order valence-electron chi connectivity index (χ2n) is 7.15. The van der Waals surface area contributed by atoms with Crippen molar-refractivity contribution in [1.29, 1.82) is 0 Å². The van der Waals surface area contributed by atoms with Gasteiger partial charge in [0.1, 0.15) is 11.3 Å². The molecule has 0 aliphatic rings. The van der Waals surface area contributed by atoms with Crippen LogP contribution in [-0.2, 0) is 12.7 Å². The minimum atomic E-state index is -4.62. The van der Waals surface area contributed by atoms with Gasteiger partial charge in [-0.3, -0.25) is 9.59 Å². The van der Waals surface area contributed by atoms with Crippen LogP contribution in [0.1, 0.15) is 35.3 Å². The summed E-state index contributed by atoms with van der Waals surface area (Å²) in [6, 6.07) is 15.6. The third-order valence-corrected chi connectivity index (χ3v) is 4.44. The topological polar surface area (TPSA) is 71.2 Å². The van der Waals surface area contributed by atoms with Crippen LogP contribution in [0.25, 0.3) is 11.3 Å². The summed E-state index contributed by atoms with van der Waals surface area (Å²) in [5.74, 6) is -0.679. The van der Waals surface area contributed by atoms with Crippen LogP contribution < -0.4 is 15.6 Å². The van der Waals surface area contributed by atoms with E-state index in [0.29, 0.717) is 5.69 Å². The van der Waals surface area contributed by atoms with Crippen molar-refractivity contribution >= 4 is 5.91 Å². The van der Waals surface area contributed by atoms with Gasteiger partial charge in [-0.15, -0.1) is 0 Å². The second-order valence-corrected chi connectivity index (χ2v) is 7.15. The number of carbonyl (C=O) groups excluding carboxylic acids is 1. The zero-order valence-corrected chi connectivity index (χ0v) is 16.9. The molecule has 3 rings (SSSR count). The van der Waals surface area contributed by atoms with Gasteiger partial charge >= 0.3 is 6.18 Å².